The number of aliphatic imine (C=N–C) groups is 1. The van der Waals surface area contributed by atoms with Crippen LogP contribution in [0.1, 0.15) is 38.2 Å². The quantitative estimate of drug-likeness (QED) is 0.266. The molecule has 0 amide bonds. The van der Waals surface area contributed by atoms with Crippen LogP contribution >= 0.6 is 24.0 Å². The molecule has 0 spiro atoms. The molecule has 24 heavy (non-hydrogen) atoms. The van der Waals surface area contributed by atoms with Gasteiger partial charge in [0.15, 0.2) is 5.96 Å². The molecule has 1 aliphatic heterocycles. The summed E-state index contributed by atoms with van der Waals surface area (Å²) in [4.78, 5) is 7.26. The van der Waals surface area contributed by atoms with Crippen molar-refractivity contribution in [1.29, 1.82) is 0 Å². The Labute approximate surface area is 164 Å². The Morgan fingerprint density at radius 3 is 2.54 bits per heavy atom. The lowest BCUT2D eigenvalue weighted by Crippen LogP contribution is -2.38. The van der Waals surface area contributed by atoms with E-state index in [1.807, 2.05) is 0 Å². The lowest BCUT2D eigenvalue weighted by atomic mass is 10.1. The fourth-order valence-corrected chi connectivity index (χ4v) is 2.96. The summed E-state index contributed by atoms with van der Waals surface area (Å²) in [7, 11) is 0. The van der Waals surface area contributed by atoms with E-state index in [0.29, 0.717) is 0 Å². The number of likely N-dealkylation sites (tertiary alicyclic amines) is 1. The van der Waals surface area contributed by atoms with E-state index in [0.717, 1.165) is 32.0 Å². The highest BCUT2D eigenvalue weighted by Crippen LogP contribution is 2.08. The molecule has 1 aromatic carbocycles. The highest BCUT2D eigenvalue weighted by atomic mass is 127. The maximum absolute atomic E-state index is 4.68. The summed E-state index contributed by atoms with van der Waals surface area (Å²) in [5.41, 5.74) is 1.36. The van der Waals surface area contributed by atoms with Gasteiger partial charge in [0.1, 0.15) is 0 Å². The molecule has 0 aliphatic carbocycles. The predicted octanol–water partition coefficient (Wildman–Crippen LogP) is 3.28. The van der Waals surface area contributed by atoms with Crippen LogP contribution in [0.3, 0.4) is 0 Å². The third kappa shape index (κ3) is 8.87. The Morgan fingerprint density at radius 2 is 1.83 bits per heavy atom. The first kappa shape index (κ1) is 21.2. The van der Waals surface area contributed by atoms with Crippen molar-refractivity contribution in [3.63, 3.8) is 0 Å². The molecule has 0 aromatic heterocycles. The summed E-state index contributed by atoms with van der Waals surface area (Å²) in [5.74, 6) is 0.949. The van der Waals surface area contributed by atoms with E-state index in [4.69, 9.17) is 0 Å². The minimum Gasteiger partial charge on any atom is -0.357 e. The van der Waals surface area contributed by atoms with Crippen LogP contribution in [0, 0.1) is 0 Å². The standard InChI is InChI=1S/C19H32N4.HI/c1-2-20-19(22-14-12-18-10-4-3-5-11-18)21-13-6-7-15-23-16-8-9-17-23;/h3-5,10-11H,2,6-9,12-17H2,1H3,(H2,20,21,22);1H. The van der Waals surface area contributed by atoms with Crippen LogP contribution in [0.4, 0.5) is 0 Å². The van der Waals surface area contributed by atoms with Gasteiger partial charge in [-0.05, 0) is 64.2 Å². The molecule has 2 rings (SSSR count). The zero-order chi connectivity index (χ0) is 16.2. The Kier molecular flexibility index (Phi) is 11.9. The first-order valence-corrected chi connectivity index (χ1v) is 9.17. The van der Waals surface area contributed by atoms with Gasteiger partial charge in [0, 0.05) is 19.6 Å². The summed E-state index contributed by atoms with van der Waals surface area (Å²) in [5, 5.41) is 6.76. The molecular weight excluding hydrogens is 411 g/mol. The van der Waals surface area contributed by atoms with Crippen molar-refractivity contribution in [2.75, 3.05) is 39.3 Å². The average Bonchev–Trinajstić information content (AvgIpc) is 3.09. The third-order valence-electron chi connectivity index (χ3n) is 4.24. The Balaban J connectivity index is 0.00000288. The second kappa shape index (κ2) is 13.5. The minimum absolute atomic E-state index is 0. The van der Waals surface area contributed by atoms with Gasteiger partial charge in [0.25, 0.3) is 0 Å². The molecule has 0 atom stereocenters. The van der Waals surface area contributed by atoms with Crippen LogP contribution < -0.4 is 10.6 Å². The van der Waals surface area contributed by atoms with Gasteiger partial charge in [-0.1, -0.05) is 30.3 Å². The first-order chi connectivity index (χ1) is 11.4. The molecule has 0 radical (unpaired) electrons. The van der Waals surface area contributed by atoms with Gasteiger partial charge >= 0.3 is 0 Å². The molecule has 0 bridgehead atoms. The van der Waals surface area contributed by atoms with Gasteiger partial charge in [-0.2, -0.15) is 0 Å². The van der Waals surface area contributed by atoms with Crippen LogP contribution in [0.5, 0.6) is 0 Å². The van der Waals surface area contributed by atoms with E-state index in [2.05, 4.69) is 57.8 Å². The third-order valence-corrected chi connectivity index (χ3v) is 4.24. The number of hydrogen-bond donors (Lipinski definition) is 2. The molecular formula is C19H33IN4. The maximum atomic E-state index is 4.68. The van der Waals surface area contributed by atoms with Gasteiger partial charge in [-0.25, -0.2) is 0 Å². The number of rotatable bonds is 9. The van der Waals surface area contributed by atoms with Crippen molar-refractivity contribution >= 4 is 29.9 Å². The van der Waals surface area contributed by atoms with E-state index in [-0.39, 0.29) is 24.0 Å². The van der Waals surface area contributed by atoms with Crippen molar-refractivity contribution in [3.05, 3.63) is 35.9 Å². The molecule has 1 saturated heterocycles. The van der Waals surface area contributed by atoms with Gasteiger partial charge < -0.3 is 15.5 Å². The zero-order valence-electron chi connectivity index (χ0n) is 15.0. The van der Waals surface area contributed by atoms with Gasteiger partial charge in [-0.15, -0.1) is 24.0 Å². The summed E-state index contributed by atoms with van der Waals surface area (Å²) in [6.07, 6.45) is 6.22. The molecule has 136 valence electrons. The number of nitrogens with one attached hydrogen (secondary N) is 2. The average molecular weight is 444 g/mol. The topological polar surface area (TPSA) is 39.7 Å². The fourth-order valence-electron chi connectivity index (χ4n) is 2.96. The van der Waals surface area contributed by atoms with Crippen LogP contribution in [0.25, 0.3) is 0 Å². The number of guanidine groups is 1. The van der Waals surface area contributed by atoms with E-state index in [1.165, 1.54) is 50.9 Å². The molecule has 0 saturated carbocycles. The Morgan fingerprint density at radius 1 is 1.08 bits per heavy atom. The second-order valence-electron chi connectivity index (χ2n) is 6.18. The highest BCUT2D eigenvalue weighted by Gasteiger charge is 2.09. The van der Waals surface area contributed by atoms with E-state index in [9.17, 15) is 0 Å². The lowest BCUT2D eigenvalue weighted by Gasteiger charge is -2.14. The molecule has 1 aliphatic rings. The molecule has 1 fully saturated rings. The summed E-state index contributed by atoms with van der Waals surface area (Å²) < 4.78 is 0. The number of benzene rings is 1. The van der Waals surface area contributed by atoms with Crippen molar-refractivity contribution in [3.8, 4) is 0 Å². The molecule has 1 heterocycles. The van der Waals surface area contributed by atoms with E-state index >= 15 is 0 Å². The van der Waals surface area contributed by atoms with Crippen LogP contribution in [0.2, 0.25) is 0 Å². The van der Waals surface area contributed by atoms with Crippen LogP contribution in [-0.2, 0) is 6.42 Å². The SMILES string of the molecule is CCNC(=NCCCCN1CCCC1)NCCc1ccccc1.I. The maximum Gasteiger partial charge on any atom is 0.191 e. The molecule has 4 nitrogen and oxygen atoms in total. The van der Waals surface area contributed by atoms with Crippen LogP contribution in [-0.4, -0.2) is 50.1 Å². The zero-order valence-corrected chi connectivity index (χ0v) is 17.3. The predicted molar refractivity (Wildman–Crippen MR) is 114 cm³/mol. The molecule has 0 unspecified atom stereocenters. The van der Waals surface area contributed by atoms with Gasteiger partial charge in [0.2, 0.25) is 0 Å². The fraction of sp³-hybridized carbons (Fsp3) is 0.632. The monoisotopic (exact) mass is 444 g/mol. The van der Waals surface area contributed by atoms with Crippen molar-refractivity contribution in [2.45, 2.75) is 39.0 Å². The van der Waals surface area contributed by atoms with Crippen molar-refractivity contribution in [1.82, 2.24) is 15.5 Å². The minimum atomic E-state index is 0. The largest absolute Gasteiger partial charge is 0.357 e. The summed E-state index contributed by atoms with van der Waals surface area (Å²) >= 11 is 0. The second-order valence-corrected chi connectivity index (χ2v) is 6.18. The summed E-state index contributed by atoms with van der Waals surface area (Å²) in [6, 6.07) is 10.6. The Bertz CT molecular complexity index is 444. The van der Waals surface area contributed by atoms with Crippen molar-refractivity contribution in [2.24, 2.45) is 4.99 Å². The Hall–Kier alpha value is -0.820. The number of unbranched alkanes of at least 4 members (excludes halogenated alkanes) is 1. The van der Waals surface area contributed by atoms with Gasteiger partial charge in [-0.3, -0.25) is 4.99 Å². The number of hydrogen-bond acceptors (Lipinski definition) is 2. The number of halogens is 1. The van der Waals surface area contributed by atoms with E-state index in [1.54, 1.807) is 0 Å². The molecule has 1 aromatic rings. The normalized spacial score (nSPS) is 15.1. The molecule has 2 N–H and O–H groups in total. The van der Waals surface area contributed by atoms with Crippen molar-refractivity contribution < 1.29 is 0 Å². The van der Waals surface area contributed by atoms with Crippen LogP contribution in [0.15, 0.2) is 35.3 Å². The lowest BCUT2D eigenvalue weighted by molar-refractivity contribution is 0.331. The number of nitrogens with zero attached hydrogens (tertiary/aromatic N) is 2. The van der Waals surface area contributed by atoms with Gasteiger partial charge in [0.05, 0.1) is 0 Å². The summed E-state index contributed by atoms with van der Waals surface area (Å²) in [6.45, 7) is 8.69. The highest BCUT2D eigenvalue weighted by molar-refractivity contribution is 14.0. The molecule has 5 heteroatoms. The smallest absolute Gasteiger partial charge is 0.191 e. The van der Waals surface area contributed by atoms with E-state index < -0.39 is 0 Å². The first-order valence-electron chi connectivity index (χ1n) is 9.17.